The summed E-state index contributed by atoms with van der Waals surface area (Å²) in [6.45, 7) is 7.77. The highest BCUT2D eigenvalue weighted by Crippen LogP contribution is 2.43. The third kappa shape index (κ3) is 4.34. The molecule has 1 amide bonds. The van der Waals surface area contributed by atoms with Crippen LogP contribution < -0.4 is 4.90 Å². The molecule has 4 nitrogen and oxygen atoms in total. The number of hydrogen-bond acceptors (Lipinski definition) is 3. The lowest BCUT2D eigenvalue weighted by atomic mass is 9.84. The molecule has 4 rings (SSSR count). The van der Waals surface area contributed by atoms with Crippen molar-refractivity contribution >= 4 is 23.1 Å². The van der Waals surface area contributed by atoms with E-state index in [1.165, 1.54) is 18.2 Å². The maximum atomic E-state index is 14.1. The van der Waals surface area contributed by atoms with E-state index in [4.69, 9.17) is 0 Å². The van der Waals surface area contributed by atoms with Crippen molar-refractivity contribution < 1.29 is 27.9 Å². The van der Waals surface area contributed by atoms with E-state index in [1.54, 1.807) is 13.0 Å². The average molecular weight is 479 g/mol. The van der Waals surface area contributed by atoms with Crippen LogP contribution in [-0.4, -0.2) is 16.8 Å². The summed E-state index contributed by atoms with van der Waals surface area (Å²) < 4.78 is 41.3. The van der Waals surface area contributed by atoms with Crippen molar-refractivity contribution in [1.82, 2.24) is 0 Å². The number of ketones is 1. The van der Waals surface area contributed by atoms with Crippen LogP contribution in [0.3, 0.4) is 0 Å². The minimum atomic E-state index is -1.20. The predicted molar refractivity (Wildman–Crippen MR) is 127 cm³/mol. The second-order valence-electron chi connectivity index (χ2n) is 9.60. The average Bonchev–Trinajstić information content (AvgIpc) is 3.06. The zero-order valence-corrected chi connectivity index (χ0v) is 19.7. The Kier molecular flexibility index (Phi) is 6.05. The summed E-state index contributed by atoms with van der Waals surface area (Å²) in [5, 5.41) is 11.4. The van der Waals surface area contributed by atoms with E-state index in [-0.39, 0.29) is 16.7 Å². The highest BCUT2D eigenvalue weighted by molar-refractivity contribution is 6.51. The molecule has 1 aliphatic heterocycles. The number of carbonyl (C=O) groups is 2. The van der Waals surface area contributed by atoms with Gasteiger partial charge in [0.1, 0.15) is 11.6 Å². The smallest absolute Gasteiger partial charge is 0.300 e. The molecule has 1 unspecified atom stereocenters. The van der Waals surface area contributed by atoms with E-state index in [0.29, 0.717) is 16.7 Å². The SMILES string of the molecule is Cc1ccc(C(C)(C)C)cc1/C(O)=C1\C(=O)C(=O)N(c2ccc(F)c(F)c2)C1c1ccc(F)cc1. The van der Waals surface area contributed by atoms with Gasteiger partial charge in [-0.15, -0.1) is 0 Å². The number of rotatable bonds is 3. The van der Waals surface area contributed by atoms with Crippen molar-refractivity contribution in [1.29, 1.82) is 0 Å². The molecule has 3 aromatic carbocycles. The summed E-state index contributed by atoms with van der Waals surface area (Å²) in [6.07, 6.45) is 0. The molecule has 0 saturated carbocycles. The van der Waals surface area contributed by atoms with Gasteiger partial charge >= 0.3 is 0 Å². The van der Waals surface area contributed by atoms with Crippen molar-refractivity contribution in [2.75, 3.05) is 4.90 Å². The van der Waals surface area contributed by atoms with Crippen LogP contribution in [0.5, 0.6) is 0 Å². The molecule has 35 heavy (non-hydrogen) atoms. The lowest BCUT2D eigenvalue weighted by Gasteiger charge is -2.26. The van der Waals surface area contributed by atoms with Gasteiger partial charge in [0.2, 0.25) is 0 Å². The van der Waals surface area contributed by atoms with E-state index < -0.39 is 40.9 Å². The number of Topliss-reactive ketones (excluding diaryl/α,β-unsaturated/α-hetero) is 1. The van der Waals surface area contributed by atoms with Gasteiger partial charge < -0.3 is 5.11 Å². The van der Waals surface area contributed by atoms with Gasteiger partial charge in [0.05, 0.1) is 11.6 Å². The number of carbonyl (C=O) groups excluding carboxylic acids is 2. The standard InChI is InChI=1S/C28H24F3NO3/c1-15-5-8-17(28(2,3)4)13-20(15)25(33)23-24(16-6-9-18(29)10-7-16)32(27(35)26(23)34)19-11-12-21(30)22(31)14-19/h5-14,24,33H,1-4H3/b25-23+. The Morgan fingerprint density at radius 2 is 1.54 bits per heavy atom. The third-order valence-electron chi connectivity index (χ3n) is 6.17. The van der Waals surface area contributed by atoms with Crippen LogP contribution in [-0.2, 0) is 15.0 Å². The Hall–Kier alpha value is -3.87. The fourth-order valence-electron chi connectivity index (χ4n) is 4.18. The van der Waals surface area contributed by atoms with E-state index >= 15 is 0 Å². The zero-order chi connectivity index (χ0) is 25.7. The fraction of sp³-hybridized carbons (Fsp3) is 0.214. The first-order chi connectivity index (χ1) is 16.4. The van der Waals surface area contributed by atoms with Crippen LogP contribution in [0.25, 0.3) is 5.76 Å². The van der Waals surface area contributed by atoms with Gasteiger partial charge in [-0.05, 0) is 59.4 Å². The van der Waals surface area contributed by atoms with Gasteiger partial charge in [-0.3, -0.25) is 14.5 Å². The normalized spacial score (nSPS) is 17.8. The summed E-state index contributed by atoms with van der Waals surface area (Å²) in [7, 11) is 0. The molecule has 1 N–H and O–H groups in total. The summed E-state index contributed by atoms with van der Waals surface area (Å²) in [4.78, 5) is 27.4. The van der Waals surface area contributed by atoms with Crippen molar-refractivity contribution in [2.24, 2.45) is 0 Å². The monoisotopic (exact) mass is 479 g/mol. The first kappa shape index (κ1) is 24.3. The molecule has 0 aromatic heterocycles. The first-order valence-corrected chi connectivity index (χ1v) is 11.0. The van der Waals surface area contributed by atoms with Crippen molar-refractivity contribution in [3.63, 3.8) is 0 Å². The molecule has 7 heteroatoms. The molecule has 1 atom stereocenters. The lowest BCUT2D eigenvalue weighted by molar-refractivity contribution is -0.132. The van der Waals surface area contributed by atoms with Gasteiger partial charge in [0, 0.05) is 17.3 Å². The van der Waals surface area contributed by atoms with Crippen molar-refractivity contribution in [3.8, 4) is 0 Å². The van der Waals surface area contributed by atoms with Gasteiger partial charge in [-0.1, -0.05) is 45.0 Å². The van der Waals surface area contributed by atoms with Crippen LogP contribution in [0, 0.1) is 24.4 Å². The molecule has 0 radical (unpaired) electrons. The number of aliphatic hydroxyl groups is 1. The highest BCUT2D eigenvalue weighted by Gasteiger charge is 2.47. The molecule has 1 fully saturated rings. The number of hydrogen-bond donors (Lipinski definition) is 1. The maximum Gasteiger partial charge on any atom is 0.300 e. The van der Waals surface area contributed by atoms with Crippen LogP contribution in [0.2, 0.25) is 0 Å². The minimum absolute atomic E-state index is 0.0699. The highest BCUT2D eigenvalue weighted by atomic mass is 19.2. The van der Waals surface area contributed by atoms with Gasteiger partial charge in [-0.2, -0.15) is 0 Å². The van der Waals surface area contributed by atoms with Gasteiger partial charge in [-0.25, -0.2) is 13.2 Å². The van der Waals surface area contributed by atoms with Crippen LogP contribution in [0.4, 0.5) is 18.9 Å². The number of anilines is 1. The summed E-state index contributed by atoms with van der Waals surface area (Å²) >= 11 is 0. The number of halogens is 3. The molecule has 3 aromatic rings. The third-order valence-corrected chi connectivity index (χ3v) is 6.17. The molecule has 0 bridgehead atoms. The Morgan fingerprint density at radius 3 is 2.14 bits per heavy atom. The van der Waals surface area contributed by atoms with E-state index in [2.05, 4.69) is 0 Å². The Morgan fingerprint density at radius 1 is 0.886 bits per heavy atom. The largest absolute Gasteiger partial charge is 0.507 e. The second-order valence-corrected chi connectivity index (χ2v) is 9.60. The Bertz CT molecular complexity index is 1370. The van der Waals surface area contributed by atoms with Crippen molar-refractivity contribution in [2.45, 2.75) is 39.2 Å². The molecule has 1 saturated heterocycles. The first-order valence-electron chi connectivity index (χ1n) is 11.0. The number of benzene rings is 3. The van der Waals surface area contributed by atoms with Crippen molar-refractivity contribution in [3.05, 3.63) is 106 Å². The van der Waals surface area contributed by atoms with Gasteiger partial charge in [0.15, 0.2) is 11.6 Å². The molecule has 1 aliphatic rings. The number of amides is 1. The van der Waals surface area contributed by atoms with E-state index in [9.17, 15) is 27.9 Å². The topological polar surface area (TPSA) is 57.6 Å². The van der Waals surface area contributed by atoms with Crippen LogP contribution in [0.1, 0.15) is 49.1 Å². The van der Waals surface area contributed by atoms with E-state index in [1.807, 2.05) is 32.9 Å². The molecule has 180 valence electrons. The molecule has 0 aliphatic carbocycles. The second kappa shape index (κ2) is 8.73. The quantitative estimate of drug-likeness (QED) is 0.271. The minimum Gasteiger partial charge on any atom is -0.507 e. The van der Waals surface area contributed by atoms with E-state index in [0.717, 1.165) is 34.7 Å². The number of aliphatic hydroxyl groups excluding tert-OH is 1. The fourth-order valence-corrected chi connectivity index (χ4v) is 4.18. The molecular weight excluding hydrogens is 455 g/mol. The predicted octanol–water partition coefficient (Wildman–Crippen LogP) is 6.34. The van der Waals surface area contributed by atoms with Crippen LogP contribution >= 0.6 is 0 Å². The van der Waals surface area contributed by atoms with Crippen LogP contribution in [0.15, 0.2) is 66.2 Å². The van der Waals surface area contributed by atoms with Gasteiger partial charge in [0.25, 0.3) is 11.7 Å². The Labute approximate surface area is 201 Å². The molecule has 1 heterocycles. The lowest BCUT2D eigenvalue weighted by Crippen LogP contribution is -2.29. The summed E-state index contributed by atoms with van der Waals surface area (Å²) in [5.74, 6) is -5.24. The molecular formula is C28H24F3NO3. The number of aryl methyl sites for hydroxylation is 1. The Balaban J connectivity index is 1.98. The molecule has 0 spiro atoms. The number of nitrogens with zero attached hydrogens (tertiary/aromatic N) is 1. The summed E-state index contributed by atoms with van der Waals surface area (Å²) in [5.41, 5.74) is 1.72. The zero-order valence-electron chi connectivity index (χ0n) is 19.7. The summed E-state index contributed by atoms with van der Waals surface area (Å²) in [6, 6.07) is 12.2. The maximum absolute atomic E-state index is 14.1.